The second-order valence-electron chi connectivity index (χ2n) is 4.41. The zero-order valence-corrected chi connectivity index (χ0v) is 10.6. The number of esters is 1. The van der Waals surface area contributed by atoms with Crippen LogP contribution in [0.1, 0.15) is 38.5 Å². The minimum Gasteiger partial charge on any atom is -0.458 e. The molecule has 18 heavy (non-hydrogen) atoms. The third kappa shape index (κ3) is 4.16. The summed E-state index contributed by atoms with van der Waals surface area (Å²) in [6, 6.07) is 0. The van der Waals surface area contributed by atoms with Crippen molar-refractivity contribution >= 4 is 16.1 Å². The fraction of sp³-hybridized carbons (Fsp3) is 0.900. The highest BCUT2D eigenvalue weighted by molar-refractivity contribution is 7.86. The number of carbonyl (C=O) groups is 1. The predicted molar refractivity (Wildman–Crippen MR) is 58.6 cm³/mol. The van der Waals surface area contributed by atoms with Crippen LogP contribution >= 0.6 is 0 Å². The molecular formula is C10H16F2O5S. The Morgan fingerprint density at radius 3 is 2.17 bits per heavy atom. The van der Waals surface area contributed by atoms with Crippen molar-refractivity contribution in [2.24, 2.45) is 5.92 Å². The van der Waals surface area contributed by atoms with Crippen molar-refractivity contribution in [3.05, 3.63) is 0 Å². The lowest BCUT2D eigenvalue weighted by Crippen LogP contribution is -2.35. The molecule has 1 rings (SSSR count). The second-order valence-corrected chi connectivity index (χ2v) is 5.96. The molecule has 1 saturated carbocycles. The van der Waals surface area contributed by atoms with Gasteiger partial charge in [-0.25, -0.2) is 0 Å². The van der Waals surface area contributed by atoms with Crippen LogP contribution in [-0.4, -0.2) is 30.8 Å². The quantitative estimate of drug-likeness (QED) is 0.485. The average molecular weight is 286 g/mol. The van der Waals surface area contributed by atoms with Crippen LogP contribution in [-0.2, 0) is 19.6 Å². The normalized spacial score (nSPS) is 19.3. The van der Waals surface area contributed by atoms with Gasteiger partial charge in [0.15, 0.2) is 6.61 Å². The Morgan fingerprint density at radius 1 is 1.22 bits per heavy atom. The molecule has 0 heterocycles. The van der Waals surface area contributed by atoms with E-state index in [4.69, 9.17) is 4.55 Å². The summed E-state index contributed by atoms with van der Waals surface area (Å²) in [7, 11) is -5.55. The second kappa shape index (κ2) is 5.92. The van der Waals surface area contributed by atoms with Gasteiger partial charge < -0.3 is 4.74 Å². The van der Waals surface area contributed by atoms with Gasteiger partial charge in [0, 0.05) is 0 Å². The van der Waals surface area contributed by atoms with Crippen molar-refractivity contribution in [2.45, 2.75) is 43.8 Å². The molecule has 0 radical (unpaired) electrons. The lowest BCUT2D eigenvalue weighted by atomic mass is 10.0. The standard InChI is InChI=1S/C10H16F2O5S/c11-10(12,18(14,15)16)7-17-9(13)8-5-3-1-2-4-6-8/h8H,1-7H2,(H,14,15,16). The summed E-state index contributed by atoms with van der Waals surface area (Å²) in [6.45, 7) is -1.64. The summed E-state index contributed by atoms with van der Waals surface area (Å²) >= 11 is 0. The third-order valence-electron chi connectivity index (χ3n) is 2.95. The van der Waals surface area contributed by atoms with E-state index < -0.39 is 33.9 Å². The number of carbonyl (C=O) groups excluding carboxylic acids is 1. The fourth-order valence-corrected chi connectivity index (χ4v) is 2.07. The summed E-state index contributed by atoms with van der Waals surface area (Å²) in [5, 5.41) is -4.45. The van der Waals surface area contributed by atoms with Crippen LogP contribution in [0.4, 0.5) is 8.78 Å². The summed E-state index contributed by atoms with van der Waals surface area (Å²) < 4.78 is 58.8. The van der Waals surface area contributed by atoms with Gasteiger partial charge >= 0.3 is 21.3 Å². The first kappa shape index (κ1) is 15.3. The van der Waals surface area contributed by atoms with Crippen molar-refractivity contribution in [3.63, 3.8) is 0 Å². The summed E-state index contributed by atoms with van der Waals surface area (Å²) in [4.78, 5) is 11.5. The Balaban J connectivity index is 2.50. The van der Waals surface area contributed by atoms with E-state index in [9.17, 15) is 22.0 Å². The molecule has 0 aliphatic heterocycles. The topological polar surface area (TPSA) is 80.7 Å². The van der Waals surface area contributed by atoms with Gasteiger partial charge in [-0.05, 0) is 12.8 Å². The number of rotatable bonds is 4. The first-order valence-corrected chi connectivity index (χ1v) is 7.19. The molecule has 5 nitrogen and oxygen atoms in total. The first-order chi connectivity index (χ1) is 8.24. The Bertz CT molecular complexity index is 385. The smallest absolute Gasteiger partial charge is 0.402 e. The molecule has 0 aromatic carbocycles. The van der Waals surface area contributed by atoms with E-state index in [1.807, 2.05) is 0 Å². The zero-order valence-electron chi connectivity index (χ0n) is 9.77. The van der Waals surface area contributed by atoms with Crippen LogP contribution in [0.15, 0.2) is 0 Å². The predicted octanol–water partition coefficient (Wildman–Crippen LogP) is 1.98. The van der Waals surface area contributed by atoms with Gasteiger partial charge in [-0.15, -0.1) is 0 Å². The van der Waals surface area contributed by atoms with Crippen LogP contribution < -0.4 is 0 Å². The van der Waals surface area contributed by atoms with Crippen molar-refractivity contribution < 1.29 is 31.3 Å². The average Bonchev–Trinajstić information content (AvgIpc) is 2.52. The van der Waals surface area contributed by atoms with Crippen molar-refractivity contribution in [2.75, 3.05) is 6.61 Å². The van der Waals surface area contributed by atoms with Crippen molar-refractivity contribution in [1.82, 2.24) is 0 Å². The maximum Gasteiger partial charge on any atom is 0.402 e. The Labute approximate surface area is 104 Å². The van der Waals surface area contributed by atoms with E-state index >= 15 is 0 Å². The summed E-state index contributed by atoms with van der Waals surface area (Å²) in [5.41, 5.74) is 0. The molecule has 0 aromatic heterocycles. The molecule has 0 spiro atoms. The first-order valence-electron chi connectivity index (χ1n) is 5.75. The molecule has 0 aromatic rings. The van der Waals surface area contributed by atoms with Crippen molar-refractivity contribution in [1.29, 1.82) is 0 Å². The Kier molecular flexibility index (Phi) is 5.03. The molecule has 1 N–H and O–H groups in total. The number of halogens is 2. The molecule has 0 bridgehead atoms. The number of hydrogen-bond acceptors (Lipinski definition) is 4. The Hall–Kier alpha value is -0.760. The molecule has 0 saturated heterocycles. The van der Waals surface area contributed by atoms with Gasteiger partial charge in [-0.2, -0.15) is 17.2 Å². The van der Waals surface area contributed by atoms with E-state index in [1.165, 1.54) is 0 Å². The van der Waals surface area contributed by atoms with Gasteiger partial charge in [-0.3, -0.25) is 9.35 Å². The summed E-state index contributed by atoms with van der Waals surface area (Å²) in [5.74, 6) is -1.27. The van der Waals surface area contributed by atoms with Crippen LogP contribution in [0.3, 0.4) is 0 Å². The van der Waals surface area contributed by atoms with Crippen LogP contribution in [0.2, 0.25) is 0 Å². The maximum absolute atomic E-state index is 12.8. The molecule has 1 aliphatic rings. The molecule has 0 amide bonds. The van der Waals surface area contributed by atoms with E-state index in [2.05, 4.69) is 4.74 Å². The van der Waals surface area contributed by atoms with E-state index in [0.717, 1.165) is 25.7 Å². The zero-order chi connectivity index (χ0) is 13.8. The Morgan fingerprint density at radius 2 is 1.72 bits per heavy atom. The van der Waals surface area contributed by atoms with E-state index in [-0.39, 0.29) is 0 Å². The minimum absolute atomic E-state index is 0.454. The highest BCUT2D eigenvalue weighted by Gasteiger charge is 2.45. The van der Waals surface area contributed by atoms with Crippen LogP contribution in [0, 0.1) is 5.92 Å². The van der Waals surface area contributed by atoms with Gasteiger partial charge in [0.25, 0.3) is 0 Å². The molecule has 106 valence electrons. The number of hydrogen-bond donors (Lipinski definition) is 1. The lowest BCUT2D eigenvalue weighted by molar-refractivity contribution is -0.155. The van der Waals surface area contributed by atoms with Gasteiger partial charge in [0.05, 0.1) is 5.92 Å². The van der Waals surface area contributed by atoms with Gasteiger partial charge in [-0.1, -0.05) is 25.7 Å². The third-order valence-corrected chi connectivity index (χ3v) is 3.82. The molecule has 1 fully saturated rings. The maximum atomic E-state index is 12.8. The number of ether oxygens (including phenoxy) is 1. The largest absolute Gasteiger partial charge is 0.458 e. The SMILES string of the molecule is O=C(OCC(F)(F)S(=O)(=O)O)C1CCCCCC1. The monoisotopic (exact) mass is 286 g/mol. The van der Waals surface area contributed by atoms with Crippen molar-refractivity contribution in [3.8, 4) is 0 Å². The van der Waals surface area contributed by atoms with E-state index in [0.29, 0.717) is 12.8 Å². The number of alkyl halides is 2. The highest BCUT2D eigenvalue weighted by Crippen LogP contribution is 2.26. The fourth-order valence-electron chi connectivity index (χ4n) is 1.86. The van der Waals surface area contributed by atoms with Crippen LogP contribution in [0.25, 0.3) is 0 Å². The minimum atomic E-state index is -5.55. The molecule has 8 heteroatoms. The summed E-state index contributed by atoms with van der Waals surface area (Å²) in [6.07, 6.45) is 4.77. The molecule has 1 aliphatic carbocycles. The molecular weight excluding hydrogens is 270 g/mol. The van der Waals surface area contributed by atoms with Gasteiger partial charge in [0.1, 0.15) is 0 Å². The van der Waals surface area contributed by atoms with E-state index in [1.54, 1.807) is 0 Å². The molecule has 0 unspecified atom stereocenters. The molecule has 0 atom stereocenters. The van der Waals surface area contributed by atoms with Crippen LogP contribution in [0.5, 0.6) is 0 Å². The highest BCUT2D eigenvalue weighted by atomic mass is 32.2. The van der Waals surface area contributed by atoms with Gasteiger partial charge in [0.2, 0.25) is 0 Å². The lowest BCUT2D eigenvalue weighted by Gasteiger charge is -2.16.